The monoisotopic (exact) mass is 409 g/mol. The fourth-order valence-electron chi connectivity index (χ4n) is 3.45. The van der Waals surface area contributed by atoms with Crippen LogP contribution in [0.3, 0.4) is 0 Å². The molecule has 0 saturated carbocycles. The summed E-state index contributed by atoms with van der Waals surface area (Å²) in [4.78, 5) is 50.6. The maximum atomic E-state index is 13.0. The van der Waals surface area contributed by atoms with Crippen molar-refractivity contribution in [3.63, 3.8) is 0 Å². The molecule has 2 N–H and O–H groups in total. The van der Waals surface area contributed by atoms with Crippen molar-refractivity contribution in [1.29, 1.82) is 0 Å². The fourth-order valence-corrected chi connectivity index (χ4v) is 3.45. The van der Waals surface area contributed by atoms with E-state index in [0.29, 0.717) is 22.7 Å². The number of nitrogens with one attached hydrogen (secondary N) is 2. The third-order valence-corrected chi connectivity index (χ3v) is 5.18. The van der Waals surface area contributed by atoms with Crippen molar-refractivity contribution < 1.29 is 28.7 Å². The van der Waals surface area contributed by atoms with Crippen LogP contribution in [0.4, 0.5) is 10.5 Å². The Bertz CT molecular complexity index is 1060. The van der Waals surface area contributed by atoms with Crippen LogP contribution in [0, 0.1) is 0 Å². The number of benzene rings is 2. The molecule has 1 saturated heterocycles. The number of imide groups is 1. The molecule has 0 radical (unpaired) electrons. The van der Waals surface area contributed by atoms with Crippen LogP contribution in [0.2, 0.25) is 0 Å². The van der Waals surface area contributed by atoms with E-state index in [-0.39, 0.29) is 18.1 Å². The van der Waals surface area contributed by atoms with Gasteiger partial charge in [-0.3, -0.25) is 19.3 Å². The lowest BCUT2D eigenvalue weighted by atomic mass is 9.92. The summed E-state index contributed by atoms with van der Waals surface area (Å²) in [5.74, 6) is -0.222. The fraction of sp³-hybridized carbons (Fsp3) is 0.238. The Kier molecular flexibility index (Phi) is 4.65. The minimum atomic E-state index is -1.29. The second-order valence-electron chi connectivity index (χ2n) is 7.15. The lowest BCUT2D eigenvalue weighted by molar-refractivity contribution is -0.130. The number of carbonyl (C=O) groups excluding carboxylic acids is 4. The number of ether oxygens (including phenoxy) is 2. The topological polar surface area (TPSA) is 114 Å². The van der Waals surface area contributed by atoms with Crippen LogP contribution in [-0.2, 0) is 15.1 Å². The van der Waals surface area contributed by atoms with E-state index in [0.717, 1.165) is 4.90 Å². The van der Waals surface area contributed by atoms with Crippen molar-refractivity contribution >= 4 is 29.3 Å². The molecule has 2 aromatic rings. The number of carbonyl (C=O) groups is 4. The van der Waals surface area contributed by atoms with E-state index >= 15 is 0 Å². The van der Waals surface area contributed by atoms with Crippen molar-refractivity contribution in [2.75, 3.05) is 25.6 Å². The van der Waals surface area contributed by atoms with E-state index in [1.807, 2.05) is 0 Å². The second-order valence-corrected chi connectivity index (χ2v) is 7.15. The predicted molar refractivity (Wildman–Crippen MR) is 105 cm³/mol. The van der Waals surface area contributed by atoms with Crippen molar-refractivity contribution in [2.45, 2.75) is 12.5 Å². The van der Waals surface area contributed by atoms with Gasteiger partial charge in [-0.15, -0.1) is 0 Å². The first-order chi connectivity index (χ1) is 14.3. The van der Waals surface area contributed by atoms with Crippen LogP contribution >= 0.6 is 0 Å². The summed E-state index contributed by atoms with van der Waals surface area (Å²) in [6, 6.07) is 10.7. The van der Waals surface area contributed by atoms with E-state index in [9.17, 15) is 19.2 Å². The summed E-state index contributed by atoms with van der Waals surface area (Å²) in [5, 5.41) is 5.29. The first kappa shape index (κ1) is 19.4. The van der Waals surface area contributed by atoms with E-state index in [1.54, 1.807) is 37.3 Å². The van der Waals surface area contributed by atoms with Gasteiger partial charge in [0, 0.05) is 5.56 Å². The van der Waals surface area contributed by atoms with Crippen LogP contribution in [0.1, 0.15) is 22.8 Å². The van der Waals surface area contributed by atoms with E-state index in [2.05, 4.69) is 10.6 Å². The molecule has 30 heavy (non-hydrogen) atoms. The molecule has 0 aliphatic carbocycles. The second kappa shape index (κ2) is 7.18. The number of Topliss-reactive ketones (excluding diaryl/α,β-unsaturated/α-hetero) is 1. The maximum Gasteiger partial charge on any atom is 0.325 e. The van der Waals surface area contributed by atoms with E-state index in [1.165, 1.54) is 19.2 Å². The minimum absolute atomic E-state index is 0.0906. The molecule has 4 rings (SSSR count). The van der Waals surface area contributed by atoms with Gasteiger partial charge in [-0.1, -0.05) is 12.1 Å². The first-order valence-corrected chi connectivity index (χ1v) is 9.20. The molecule has 9 nitrogen and oxygen atoms in total. The molecule has 1 fully saturated rings. The van der Waals surface area contributed by atoms with Gasteiger partial charge < -0.3 is 20.1 Å². The quantitative estimate of drug-likeness (QED) is 0.574. The standard InChI is InChI=1S/C21H19N3O6/c1-21(13-4-6-14(29-2)7-5-13)19(27)24(20(28)23-21)10-16(25)12-3-8-17-15(9-12)22-18(26)11-30-17/h3-9H,10-11H2,1-2H3,(H,22,26)(H,23,28). The lowest BCUT2D eigenvalue weighted by Crippen LogP contribution is -2.41. The van der Waals surface area contributed by atoms with Gasteiger partial charge >= 0.3 is 6.03 Å². The summed E-state index contributed by atoms with van der Waals surface area (Å²) in [6.45, 7) is 1.07. The zero-order valence-electron chi connectivity index (χ0n) is 16.4. The van der Waals surface area contributed by atoms with Crippen LogP contribution in [0.25, 0.3) is 0 Å². The van der Waals surface area contributed by atoms with Crippen molar-refractivity contribution in [1.82, 2.24) is 10.2 Å². The Hall–Kier alpha value is -3.88. The highest BCUT2D eigenvalue weighted by molar-refractivity contribution is 6.11. The Labute approximate surface area is 171 Å². The SMILES string of the molecule is COc1ccc(C2(C)NC(=O)N(CC(=O)c3ccc4c(c3)NC(=O)CO4)C2=O)cc1. The maximum absolute atomic E-state index is 13.0. The van der Waals surface area contributed by atoms with Gasteiger partial charge in [0.1, 0.15) is 17.0 Å². The Balaban J connectivity index is 1.54. The average Bonchev–Trinajstić information content (AvgIpc) is 2.97. The Morgan fingerprint density at radius 1 is 1.17 bits per heavy atom. The van der Waals surface area contributed by atoms with Crippen molar-refractivity contribution in [3.05, 3.63) is 53.6 Å². The molecule has 154 valence electrons. The van der Waals surface area contributed by atoms with Gasteiger partial charge in [0.2, 0.25) is 0 Å². The molecule has 0 spiro atoms. The molecule has 2 aliphatic rings. The highest BCUT2D eigenvalue weighted by Gasteiger charge is 2.49. The molecule has 1 unspecified atom stereocenters. The molecular formula is C21H19N3O6. The van der Waals surface area contributed by atoms with Gasteiger partial charge in [-0.05, 0) is 42.8 Å². The summed E-state index contributed by atoms with van der Waals surface area (Å²) in [5.41, 5.74) is -0.0952. The molecule has 9 heteroatoms. The van der Waals surface area contributed by atoms with E-state index < -0.39 is 29.8 Å². The highest BCUT2D eigenvalue weighted by atomic mass is 16.5. The normalized spacial score (nSPS) is 20.2. The number of hydrogen-bond acceptors (Lipinski definition) is 6. The number of amides is 4. The summed E-state index contributed by atoms with van der Waals surface area (Å²) in [7, 11) is 1.53. The zero-order chi connectivity index (χ0) is 21.5. The number of nitrogens with zero attached hydrogens (tertiary/aromatic N) is 1. The van der Waals surface area contributed by atoms with Gasteiger partial charge in [-0.25, -0.2) is 4.79 Å². The molecule has 0 aromatic heterocycles. The zero-order valence-corrected chi connectivity index (χ0v) is 16.4. The van der Waals surface area contributed by atoms with Crippen LogP contribution in [-0.4, -0.2) is 48.8 Å². The number of anilines is 1. The van der Waals surface area contributed by atoms with Crippen molar-refractivity contribution in [3.8, 4) is 11.5 Å². The first-order valence-electron chi connectivity index (χ1n) is 9.20. The largest absolute Gasteiger partial charge is 0.497 e. The number of methoxy groups -OCH3 is 1. The molecule has 4 amide bonds. The minimum Gasteiger partial charge on any atom is -0.497 e. The van der Waals surface area contributed by atoms with Gasteiger partial charge in [0.05, 0.1) is 19.3 Å². The van der Waals surface area contributed by atoms with Crippen LogP contribution in [0.5, 0.6) is 11.5 Å². The molecule has 2 aromatic carbocycles. The smallest absolute Gasteiger partial charge is 0.325 e. The summed E-state index contributed by atoms with van der Waals surface area (Å²) in [6.07, 6.45) is 0. The number of hydrogen-bond donors (Lipinski definition) is 2. The summed E-state index contributed by atoms with van der Waals surface area (Å²) >= 11 is 0. The molecule has 2 aliphatic heterocycles. The highest BCUT2D eigenvalue weighted by Crippen LogP contribution is 2.31. The number of ketones is 1. The Morgan fingerprint density at radius 3 is 2.60 bits per heavy atom. The van der Waals surface area contributed by atoms with Gasteiger partial charge in [0.25, 0.3) is 11.8 Å². The van der Waals surface area contributed by atoms with Gasteiger partial charge in [0.15, 0.2) is 12.4 Å². The number of fused-ring (bicyclic) bond motifs is 1. The summed E-state index contributed by atoms with van der Waals surface area (Å²) < 4.78 is 10.4. The average molecular weight is 409 g/mol. The molecular weight excluding hydrogens is 390 g/mol. The van der Waals surface area contributed by atoms with Crippen molar-refractivity contribution in [2.24, 2.45) is 0 Å². The molecule has 0 bridgehead atoms. The van der Waals surface area contributed by atoms with Crippen LogP contribution in [0.15, 0.2) is 42.5 Å². The van der Waals surface area contributed by atoms with Gasteiger partial charge in [-0.2, -0.15) is 0 Å². The third kappa shape index (κ3) is 3.24. The Morgan fingerprint density at radius 2 is 1.90 bits per heavy atom. The van der Waals surface area contributed by atoms with E-state index in [4.69, 9.17) is 9.47 Å². The lowest BCUT2D eigenvalue weighted by Gasteiger charge is -2.22. The number of urea groups is 1. The number of rotatable bonds is 5. The van der Waals surface area contributed by atoms with Crippen LogP contribution < -0.4 is 20.1 Å². The molecule has 2 heterocycles. The molecule has 1 atom stereocenters. The third-order valence-electron chi connectivity index (χ3n) is 5.18. The predicted octanol–water partition coefficient (Wildman–Crippen LogP) is 1.68.